The first-order chi connectivity index (χ1) is 19.0. The minimum atomic E-state index is -0.695. The minimum Gasteiger partial charge on any atom is -0.461 e. The number of amides is 1. The highest BCUT2D eigenvalue weighted by Crippen LogP contribution is 2.68. The SMILES string of the molecule is C=C[C@]1(C)C[C@@H](OC(=O)CS[C@H]2C[C@@H](NC(=O)C(C)(C)C)CC[C@H]2O)[C@]2(C)C(C)CCC3(CCC(=O)[C@H]32)[C@@H](C)[C@@H]1O. The molecule has 7 nitrogen and oxygen atoms in total. The van der Waals surface area contributed by atoms with Crippen LogP contribution in [0.15, 0.2) is 12.7 Å². The van der Waals surface area contributed by atoms with Crippen molar-refractivity contribution in [1.29, 1.82) is 0 Å². The van der Waals surface area contributed by atoms with Gasteiger partial charge in [-0.25, -0.2) is 0 Å². The molecule has 2 unspecified atom stereocenters. The van der Waals surface area contributed by atoms with Crippen molar-refractivity contribution in [3.63, 3.8) is 0 Å². The summed E-state index contributed by atoms with van der Waals surface area (Å²) in [7, 11) is 0. The van der Waals surface area contributed by atoms with Crippen LogP contribution in [0, 0.1) is 39.4 Å². The Hall–Kier alpha value is -1.38. The fraction of sp³-hybridized carbons (Fsp3) is 0.848. The van der Waals surface area contributed by atoms with Crippen molar-refractivity contribution in [1.82, 2.24) is 5.32 Å². The van der Waals surface area contributed by atoms with Crippen LogP contribution in [0.3, 0.4) is 0 Å². The number of rotatable bonds is 6. The van der Waals surface area contributed by atoms with Crippen molar-refractivity contribution in [3.05, 3.63) is 12.7 Å². The predicted molar refractivity (Wildman–Crippen MR) is 162 cm³/mol. The molecule has 8 heteroatoms. The first-order valence-corrected chi connectivity index (χ1v) is 16.7. The van der Waals surface area contributed by atoms with E-state index in [1.807, 2.05) is 33.8 Å². The summed E-state index contributed by atoms with van der Waals surface area (Å²) in [5.74, 6) is -0.202. The molecule has 0 aromatic heterocycles. The van der Waals surface area contributed by atoms with Crippen LogP contribution in [0.4, 0.5) is 0 Å². The van der Waals surface area contributed by atoms with Crippen molar-refractivity contribution in [3.8, 4) is 0 Å². The molecule has 0 spiro atoms. The summed E-state index contributed by atoms with van der Waals surface area (Å²) in [5.41, 5.74) is -2.01. The largest absolute Gasteiger partial charge is 0.461 e. The maximum absolute atomic E-state index is 13.6. The Balaban J connectivity index is 1.53. The van der Waals surface area contributed by atoms with E-state index in [4.69, 9.17) is 4.74 Å². The molecule has 0 aromatic rings. The number of Topliss-reactive ketones (excluding diaryl/α,β-unsaturated/α-hetero) is 1. The van der Waals surface area contributed by atoms with Crippen molar-refractivity contribution in [2.75, 3.05) is 5.75 Å². The summed E-state index contributed by atoms with van der Waals surface area (Å²) in [6, 6.07) is -0.0375. The second-order valence-corrected chi connectivity index (χ2v) is 16.4. The third-order valence-electron chi connectivity index (χ3n) is 11.8. The quantitative estimate of drug-likeness (QED) is 0.292. The number of hydrogen-bond acceptors (Lipinski definition) is 7. The molecule has 2 bridgehead atoms. The van der Waals surface area contributed by atoms with Gasteiger partial charge in [-0.1, -0.05) is 54.5 Å². The summed E-state index contributed by atoms with van der Waals surface area (Å²) < 4.78 is 6.36. The van der Waals surface area contributed by atoms with Gasteiger partial charge in [0, 0.05) is 39.9 Å². The van der Waals surface area contributed by atoms with Gasteiger partial charge < -0.3 is 20.3 Å². The number of nitrogens with one attached hydrogen (secondary N) is 1. The van der Waals surface area contributed by atoms with E-state index < -0.39 is 34.6 Å². The average Bonchev–Trinajstić information content (AvgIpc) is 3.26. The molecule has 4 aliphatic carbocycles. The van der Waals surface area contributed by atoms with Crippen molar-refractivity contribution < 1.29 is 29.3 Å². The number of thioether (sulfide) groups is 1. The van der Waals surface area contributed by atoms with E-state index in [0.29, 0.717) is 32.1 Å². The fourth-order valence-electron chi connectivity index (χ4n) is 8.69. The van der Waals surface area contributed by atoms with Gasteiger partial charge in [0.15, 0.2) is 0 Å². The molecule has 4 fully saturated rings. The number of carbonyl (C=O) groups excluding carboxylic acids is 3. The Morgan fingerprint density at radius 1 is 1.15 bits per heavy atom. The van der Waals surface area contributed by atoms with Crippen LogP contribution in [0.1, 0.15) is 99.8 Å². The zero-order valence-corrected chi connectivity index (χ0v) is 27.0. The summed E-state index contributed by atoms with van der Waals surface area (Å²) in [4.78, 5) is 39.6. The maximum atomic E-state index is 13.6. The number of carbonyl (C=O) groups is 3. The number of aliphatic hydroxyl groups excluding tert-OH is 2. The number of ketones is 1. The van der Waals surface area contributed by atoms with E-state index >= 15 is 0 Å². The van der Waals surface area contributed by atoms with E-state index in [1.165, 1.54) is 11.8 Å². The normalized spacial score (nSPS) is 44.8. The lowest BCUT2D eigenvalue weighted by Crippen LogP contribution is -2.63. The Bertz CT molecular complexity index is 1040. The molecule has 1 amide bonds. The lowest BCUT2D eigenvalue weighted by Gasteiger charge is -2.61. The van der Waals surface area contributed by atoms with Crippen LogP contribution in [-0.2, 0) is 19.1 Å². The Morgan fingerprint density at radius 2 is 1.83 bits per heavy atom. The summed E-state index contributed by atoms with van der Waals surface area (Å²) in [6.45, 7) is 18.2. The van der Waals surface area contributed by atoms with Gasteiger partial charge >= 0.3 is 5.97 Å². The van der Waals surface area contributed by atoms with E-state index in [9.17, 15) is 24.6 Å². The Morgan fingerprint density at radius 3 is 2.46 bits per heavy atom. The highest BCUT2D eigenvalue weighted by Gasteiger charge is 2.68. The third kappa shape index (κ3) is 5.78. The standard InChI is InChI=1S/C33H53NO6S/c1-9-31(7)17-25(32(8)19(2)12-14-33(20(3)28(31)38)15-13-23(36)27(32)33)40-26(37)18-41-24-16-21(10-11-22(24)35)34-29(39)30(4,5)6/h9,19-22,24-25,27-28,35,38H,1,10-18H2,2-8H3,(H,34,39)/t19?,20-,21-,22+,24-,25+,27-,28-,31+,32-,33?/m0/s1. The van der Waals surface area contributed by atoms with Gasteiger partial charge in [0.05, 0.1) is 18.0 Å². The molecule has 4 rings (SSSR count). The van der Waals surface area contributed by atoms with Crippen molar-refractivity contribution in [2.24, 2.45) is 39.4 Å². The molecular weight excluding hydrogens is 538 g/mol. The van der Waals surface area contributed by atoms with Crippen LogP contribution in [-0.4, -0.2) is 63.2 Å². The molecule has 4 saturated carbocycles. The zero-order chi connectivity index (χ0) is 30.5. The topological polar surface area (TPSA) is 113 Å². The number of hydrogen-bond donors (Lipinski definition) is 3. The van der Waals surface area contributed by atoms with Crippen LogP contribution >= 0.6 is 11.8 Å². The van der Waals surface area contributed by atoms with Crippen LogP contribution in [0.2, 0.25) is 0 Å². The second-order valence-electron chi connectivity index (χ2n) is 15.2. The predicted octanol–water partition coefficient (Wildman–Crippen LogP) is 5.07. The average molecular weight is 592 g/mol. The summed E-state index contributed by atoms with van der Waals surface area (Å²) in [6.07, 6.45) is 5.41. The van der Waals surface area contributed by atoms with Gasteiger partial charge in [0.2, 0.25) is 5.91 Å². The highest BCUT2D eigenvalue weighted by atomic mass is 32.2. The van der Waals surface area contributed by atoms with E-state index in [2.05, 4.69) is 32.7 Å². The molecular formula is C33H53NO6S. The van der Waals surface area contributed by atoms with Crippen molar-refractivity contribution in [2.45, 2.75) is 129 Å². The number of esters is 1. The van der Waals surface area contributed by atoms with Crippen LogP contribution < -0.4 is 5.32 Å². The number of aliphatic hydroxyl groups is 2. The minimum absolute atomic E-state index is 0.0134. The van der Waals surface area contributed by atoms with E-state index in [-0.39, 0.29) is 57.9 Å². The Labute approximate surface area is 251 Å². The number of ether oxygens (including phenoxy) is 1. The Kier molecular flexibility index (Phi) is 9.21. The molecule has 0 radical (unpaired) electrons. The first-order valence-electron chi connectivity index (χ1n) is 15.6. The summed E-state index contributed by atoms with van der Waals surface area (Å²) >= 11 is 1.39. The molecule has 0 heterocycles. The van der Waals surface area contributed by atoms with Crippen molar-refractivity contribution >= 4 is 29.4 Å². The smallest absolute Gasteiger partial charge is 0.316 e. The van der Waals surface area contributed by atoms with E-state index in [0.717, 1.165) is 19.3 Å². The molecule has 0 saturated heterocycles. The third-order valence-corrected chi connectivity index (χ3v) is 13.1. The van der Waals surface area contributed by atoms with Gasteiger partial charge in [-0.15, -0.1) is 18.3 Å². The van der Waals surface area contributed by atoms with Gasteiger partial charge in [-0.2, -0.15) is 0 Å². The molecule has 0 aliphatic heterocycles. The first kappa shape index (κ1) is 32.5. The van der Waals surface area contributed by atoms with Gasteiger partial charge in [0.25, 0.3) is 0 Å². The fourth-order valence-corrected chi connectivity index (χ4v) is 9.84. The molecule has 4 aliphatic rings. The lowest BCUT2D eigenvalue weighted by molar-refractivity contribution is -0.205. The molecule has 41 heavy (non-hydrogen) atoms. The second kappa shape index (κ2) is 11.6. The lowest BCUT2D eigenvalue weighted by atomic mass is 9.44. The van der Waals surface area contributed by atoms with E-state index in [1.54, 1.807) is 0 Å². The monoisotopic (exact) mass is 591 g/mol. The van der Waals surface area contributed by atoms with Gasteiger partial charge in [-0.3, -0.25) is 14.4 Å². The zero-order valence-electron chi connectivity index (χ0n) is 26.2. The van der Waals surface area contributed by atoms with Gasteiger partial charge in [-0.05, 0) is 62.2 Å². The molecule has 3 N–H and O–H groups in total. The highest BCUT2D eigenvalue weighted by molar-refractivity contribution is 8.00. The van der Waals surface area contributed by atoms with Crippen LogP contribution in [0.25, 0.3) is 0 Å². The molecule has 232 valence electrons. The summed E-state index contributed by atoms with van der Waals surface area (Å²) in [5, 5.41) is 25.3. The molecule has 0 aromatic carbocycles. The van der Waals surface area contributed by atoms with Gasteiger partial charge in [0.1, 0.15) is 11.9 Å². The van der Waals surface area contributed by atoms with Crippen LogP contribution in [0.5, 0.6) is 0 Å². The molecule has 11 atom stereocenters. The maximum Gasteiger partial charge on any atom is 0.316 e.